The molecule has 84 valence electrons. The van der Waals surface area contributed by atoms with Crippen LogP contribution in [0.5, 0.6) is 0 Å². The van der Waals surface area contributed by atoms with Crippen molar-refractivity contribution in [2.45, 2.75) is 19.4 Å². The molecule has 0 heterocycles. The third kappa shape index (κ3) is 7.06. The summed E-state index contributed by atoms with van der Waals surface area (Å²) in [5.74, 6) is -0.242. The van der Waals surface area contributed by atoms with Gasteiger partial charge in [0.2, 0.25) is 0 Å². The number of hydrogen-bond donors (Lipinski definition) is 1. The van der Waals surface area contributed by atoms with Gasteiger partial charge in [-0.25, -0.2) is 0 Å². The smallest absolute Gasteiger partial charge is 0.186 e. The minimum absolute atomic E-state index is 0. The minimum Gasteiger partial charge on any atom is -1.00 e. The van der Waals surface area contributed by atoms with Gasteiger partial charge in [0, 0.05) is 6.42 Å². The second-order valence-electron chi connectivity index (χ2n) is 4.46. The standard InChI is InChI=1S/C10H20NO2.ClH/c1-8(2)10(13)9(12)6-7-11(3,4)5;/h9,12H,1,6-7H2,2-5H3;1H/q+1;/p-1. The highest BCUT2D eigenvalue weighted by Crippen LogP contribution is 2.03. The lowest BCUT2D eigenvalue weighted by Crippen LogP contribution is -3.00. The second-order valence-corrected chi connectivity index (χ2v) is 4.46. The van der Waals surface area contributed by atoms with Crippen molar-refractivity contribution in [3.63, 3.8) is 0 Å². The van der Waals surface area contributed by atoms with E-state index in [1.807, 2.05) is 21.1 Å². The molecule has 3 nitrogen and oxygen atoms in total. The average Bonchev–Trinajstić information content (AvgIpc) is 1.97. The Morgan fingerprint density at radius 3 is 2.14 bits per heavy atom. The molecule has 0 aromatic carbocycles. The number of ketones is 1. The molecule has 1 atom stereocenters. The van der Waals surface area contributed by atoms with Crippen molar-refractivity contribution >= 4 is 5.78 Å². The molecule has 14 heavy (non-hydrogen) atoms. The number of quaternary nitrogens is 1. The van der Waals surface area contributed by atoms with Crippen LogP contribution in [-0.4, -0.2) is 49.2 Å². The fourth-order valence-electron chi connectivity index (χ4n) is 0.925. The molecular formula is C10H20ClNO2. The van der Waals surface area contributed by atoms with Gasteiger partial charge in [-0.15, -0.1) is 0 Å². The van der Waals surface area contributed by atoms with E-state index in [-0.39, 0.29) is 18.2 Å². The first-order valence-corrected chi connectivity index (χ1v) is 4.42. The predicted octanol–water partition coefficient (Wildman–Crippen LogP) is -2.41. The molecule has 0 radical (unpaired) electrons. The molecule has 0 rings (SSSR count). The highest BCUT2D eigenvalue weighted by molar-refractivity contribution is 5.97. The molecule has 1 N–H and O–H groups in total. The minimum atomic E-state index is -0.880. The van der Waals surface area contributed by atoms with Gasteiger partial charge < -0.3 is 22.0 Å². The zero-order valence-corrected chi connectivity index (χ0v) is 10.1. The number of rotatable bonds is 5. The number of aliphatic hydroxyl groups excluding tert-OH is 1. The Balaban J connectivity index is 0. The highest BCUT2D eigenvalue weighted by atomic mass is 35.5. The van der Waals surface area contributed by atoms with Gasteiger partial charge in [-0.2, -0.15) is 0 Å². The molecule has 4 heteroatoms. The third-order valence-corrected chi connectivity index (χ3v) is 1.80. The molecule has 0 aromatic heterocycles. The summed E-state index contributed by atoms with van der Waals surface area (Å²) < 4.78 is 0.751. The molecule has 0 amide bonds. The normalized spacial score (nSPS) is 12.9. The van der Waals surface area contributed by atoms with E-state index in [4.69, 9.17) is 0 Å². The average molecular weight is 222 g/mol. The lowest BCUT2D eigenvalue weighted by Gasteiger charge is -2.24. The number of carbonyl (C=O) groups excluding carboxylic acids is 1. The number of Topliss-reactive ketones (excluding diaryl/α,β-unsaturated/α-hetero) is 1. The molecule has 0 aromatic rings. The molecule has 0 fully saturated rings. The van der Waals surface area contributed by atoms with Gasteiger partial charge in [0.1, 0.15) is 6.10 Å². The molecule has 0 aliphatic carbocycles. The summed E-state index contributed by atoms with van der Waals surface area (Å²) >= 11 is 0. The van der Waals surface area contributed by atoms with E-state index in [0.29, 0.717) is 12.0 Å². The maximum absolute atomic E-state index is 11.2. The zero-order valence-electron chi connectivity index (χ0n) is 9.38. The Kier molecular flexibility index (Phi) is 7.08. The number of halogens is 1. The van der Waals surface area contributed by atoms with Gasteiger partial charge in [0.05, 0.1) is 27.7 Å². The van der Waals surface area contributed by atoms with Crippen molar-refractivity contribution in [2.24, 2.45) is 0 Å². The third-order valence-electron chi connectivity index (χ3n) is 1.80. The van der Waals surface area contributed by atoms with E-state index in [2.05, 4.69) is 6.58 Å². The van der Waals surface area contributed by atoms with E-state index in [1.165, 1.54) is 0 Å². The van der Waals surface area contributed by atoms with Crippen LogP contribution in [-0.2, 0) is 4.79 Å². The summed E-state index contributed by atoms with van der Waals surface area (Å²) in [6.45, 7) is 5.91. The van der Waals surface area contributed by atoms with Crippen LogP contribution in [0, 0.1) is 0 Å². The second kappa shape index (κ2) is 6.17. The first-order valence-electron chi connectivity index (χ1n) is 4.42. The number of hydrogen-bond acceptors (Lipinski definition) is 2. The van der Waals surface area contributed by atoms with Gasteiger partial charge in [-0.05, 0) is 12.5 Å². The Labute approximate surface area is 92.4 Å². The Bertz CT molecular complexity index is 209. The van der Waals surface area contributed by atoms with Crippen LogP contribution in [0.1, 0.15) is 13.3 Å². The zero-order chi connectivity index (χ0) is 10.6. The van der Waals surface area contributed by atoms with Gasteiger partial charge in [0.25, 0.3) is 0 Å². The van der Waals surface area contributed by atoms with E-state index < -0.39 is 6.10 Å². The van der Waals surface area contributed by atoms with E-state index in [1.54, 1.807) is 6.92 Å². The largest absolute Gasteiger partial charge is 1.00 e. The van der Waals surface area contributed by atoms with Crippen LogP contribution < -0.4 is 12.4 Å². The van der Waals surface area contributed by atoms with Gasteiger partial charge in [-0.3, -0.25) is 4.79 Å². The summed E-state index contributed by atoms with van der Waals surface area (Å²) in [6, 6.07) is 0. The first kappa shape index (κ1) is 16.1. The highest BCUT2D eigenvalue weighted by Gasteiger charge is 2.18. The monoisotopic (exact) mass is 221 g/mol. The maximum atomic E-state index is 11.2. The summed E-state index contributed by atoms with van der Waals surface area (Å²) in [4.78, 5) is 11.2. The van der Waals surface area contributed by atoms with Crippen LogP contribution in [0.3, 0.4) is 0 Å². The van der Waals surface area contributed by atoms with Crippen molar-refractivity contribution in [2.75, 3.05) is 27.7 Å². The summed E-state index contributed by atoms with van der Waals surface area (Å²) in [7, 11) is 6.08. The van der Waals surface area contributed by atoms with Crippen molar-refractivity contribution in [3.05, 3.63) is 12.2 Å². The van der Waals surface area contributed by atoms with E-state index in [9.17, 15) is 9.90 Å². The fourth-order valence-corrected chi connectivity index (χ4v) is 0.925. The lowest BCUT2D eigenvalue weighted by molar-refractivity contribution is -0.870. The molecule has 0 aliphatic rings. The van der Waals surface area contributed by atoms with Gasteiger partial charge in [-0.1, -0.05) is 6.58 Å². The molecule has 1 unspecified atom stereocenters. The van der Waals surface area contributed by atoms with Crippen LogP contribution in [0.4, 0.5) is 0 Å². The lowest BCUT2D eigenvalue weighted by atomic mass is 10.1. The van der Waals surface area contributed by atoms with Crippen LogP contribution in [0.2, 0.25) is 0 Å². The van der Waals surface area contributed by atoms with Crippen LogP contribution >= 0.6 is 0 Å². The number of carbonyl (C=O) groups is 1. The van der Waals surface area contributed by atoms with Gasteiger partial charge in [0.15, 0.2) is 5.78 Å². The molecule has 0 aliphatic heterocycles. The van der Waals surface area contributed by atoms with Crippen molar-refractivity contribution < 1.29 is 26.8 Å². The number of aliphatic hydroxyl groups is 1. The van der Waals surface area contributed by atoms with Crippen molar-refractivity contribution in [1.29, 1.82) is 0 Å². The maximum Gasteiger partial charge on any atom is 0.186 e. The van der Waals surface area contributed by atoms with Crippen molar-refractivity contribution in [1.82, 2.24) is 0 Å². The van der Waals surface area contributed by atoms with Crippen molar-refractivity contribution in [3.8, 4) is 0 Å². The summed E-state index contributed by atoms with van der Waals surface area (Å²) in [5.41, 5.74) is 0.425. The molecule has 0 saturated heterocycles. The molecule has 0 bridgehead atoms. The molecule has 0 saturated carbocycles. The topological polar surface area (TPSA) is 37.3 Å². The van der Waals surface area contributed by atoms with Gasteiger partial charge >= 0.3 is 0 Å². The summed E-state index contributed by atoms with van der Waals surface area (Å²) in [5, 5.41) is 9.43. The molecular weight excluding hydrogens is 202 g/mol. The Hall–Kier alpha value is -0.380. The van der Waals surface area contributed by atoms with E-state index in [0.717, 1.165) is 11.0 Å². The SMILES string of the molecule is C=C(C)C(=O)C(O)CC[N+](C)(C)C.[Cl-]. The predicted molar refractivity (Wildman–Crippen MR) is 53.3 cm³/mol. The first-order chi connectivity index (χ1) is 5.74. The summed E-state index contributed by atoms with van der Waals surface area (Å²) in [6.07, 6.45) is -0.385. The quantitative estimate of drug-likeness (QED) is 0.415. The number of nitrogens with zero attached hydrogens (tertiary/aromatic N) is 1. The van der Waals surface area contributed by atoms with E-state index >= 15 is 0 Å². The van der Waals surface area contributed by atoms with Crippen LogP contribution in [0.15, 0.2) is 12.2 Å². The Morgan fingerprint density at radius 1 is 1.43 bits per heavy atom. The Morgan fingerprint density at radius 2 is 1.86 bits per heavy atom. The van der Waals surface area contributed by atoms with Crippen LogP contribution in [0.25, 0.3) is 0 Å². The molecule has 0 spiro atoms. The fraction of sp³-hybridized carbons (Fsp3) is 0.700.